The second-order valence-electron chi connectivity index (χ2n) is 1.24. The molecule has 3 nitrogen and oxygen atoms in total. The lowest BCUT2D eigenvalue weighted by molar-refractivity contribution is 0.754. The van der Waals surface area contributed by atoms with Gasteiger partial charge in [-0.25, -0.2) is 4.98 Å². The van der Waals surface area contributed by atoms with E-state index in [2.05, 4.69) is 10.1 Å². The molecule has 44 valence electrons. The van der Waals surface area contributed by atoms with Crippen LogP contribution in [0.2, 0.25) is 0 Å². The molecular weight excluding hydrogens is 126 g/mol. The molecule has 0 N–H and O–H groups in total. The van der Waals surface area contributed by atoms with E-state index in [9.17, 15) is 0 Å². The van der Waals surface area contributed by atoms with Crippen LogP contribution < -0.4 is 0 Å². The van der Waals surface area contributed by atoms with E-state index in [1.54, 1.807) is 0 Å². The van der Waals surface area contributed by atoms with Crippen LogP contribution in [0.1, 0.15) is 9.94 Å². The summed E-state index contributed by atoms with van der Waals surface area (Å²) in [6.45, 7) is -2.25. The lowest BCUT2D eigenvalue weighted by Gasteiger charge is -1.79. The SMILES string of the molecule is [2H]C([2H])([2H])n1cnc(CCl)n1. The Kier molecular flexibility index (Phi) is 0.753. The van der Waals surface area contributed by atoms with E-state index < -0.39 is 6.98 Å². The van der Waals surface area contributed by atoms with E-state index in [1.165, 1.54) is 0 Å². The Balaban J connectivity index is 2.89. The van der Waals surface area contributed by atoms with Gasteiger partial charge < -0.3 is 0 Å². The molecule has 1 aromatic heterocycles. The summed E-state index contributed by atoms with van der Waals surface area (Å²) in [5.74, 6) is 0.450. The second kappa shape index (κ2) is 2.13. The standard InChI is InChI=1S/C4H6ClN3/c1-8-3-6-4(2-5)7-8/h3H,2H2,1H3/i1D3. The first-order valence-electron chi connectivity index (χ1n) is 3.51. The minimum absolute atomic E-state index is 0.128. The van der Waals surface area contributed by atoms with Gasteiger partial charge >= 0.3 is 0 Å². The van der Waals surface area contributed by atoms with Crippen molar-refractivity contribution in [1.29, 1.82) is 0 Å². The van der Waals surface area contributed by atoms with Gasteiger partial charge in [-0.2, -0.15) is 5.10 Å². The zero-order chi connectivity index (χ0) is 8.48. The molecule has 1 heterocycles. The number of alkyl halides is 1. The summed E-state index contributed by atoms with van der Waals surface area (Å²) >= 11 is 5.37. The Morgan fingerprint density at radius 2 is 3.00 bits per heavy atom. The third-order valence-corrected chi connectivity index (χ3v) is 0.898. The van der Waals surface area contributed by atoms with Crippen LogP contribution in [0.25, 0.3) is 0 Å². The second-order valence-corrected chi connectivity index (χ2v) is 1.51. The summed E-state index contributed by atoms with van der Waals surface area (Å²) in [5, 5.41) is 3.61. The fraction of sp³-hybridized carbons (Fsp3) is 0.500. The van der Waals surface area contributed by atoms with E-state index in [0.29, 0.717) is 5.82 Å². The highest BCUT2D eigenvalue weighted by molar-refractivity contribution is 6.16. The van der Waals surface area contributed by atoms with Crippen LogP contribution in [-0.2, 0) is 12.9 Å². The monoisotopic (exact) mass is 134 g/mol. The van der Waals surface area contributed by atoms with Crippen LogP contribution in [0.15, 0.2) is 6.33 Å². The van der Waals surface area contributed by atoms with Crippen LogP contribution in [0.5, 0.6) is 0 Å². The molecule has 0 amide bonds. The average molecular weight is 135 g/mol. The number of aryl methyl sites for hydroxylation is 1. The summed E-state index contributed by atoms with van der Waals surface area (Å²) in [6.07, 6.45) is 1.14. The van der Waals surface area contributed by atoms with Gasteiger partial charge in [0.1, 0.15) is 6.33 Å². The van der Waals surface area contributed by atoms with Gasteiger partial charge in [-0.3, -0.25) is 4.68 Å². The van der Waals surface area contributed by atoms with Gasteiger partial charge in [0.2, 0.25) is 0 Å². The molecule has 0 radical (unpaired) electrons. The Labute approximate surface area is 56.5 Å². The topological polar surface area (TPSA) is 30.7 Å². The zero-order valence-corrected chi connectivity index (χ0v) is 4.76. The van der Waals surface area contributed by atoms with Crippen molar-refractivity contribution in [2.24, 2.45) is 6.98 Å². The van der Waals surface area contributed by atoms with Crippen molar-refractivity contribution in [1.82, 2.24) is 14.8 Å². The first-order chi connectivity index (χ1) is 5.04. The van der Waals surface area contributed by atoms with Crippen LogP contribution >= 0.6 is 11.6 Å². The van der Waals surface area contributed by atoms with Gasteiger partial charge in [-0.15, -0.1) is 11.6 Å². The molecule has 0 aromatic carbocycles. The lowest BCUT2D eigenvalue weighted by Crippen LogP contribution is -1.88. The molecule has 4 heteroatoms. The number of hydrogen-bond donors (Lipinski definition) is 0. The molecule has 0 spiro atoms. The summed E-state index contributed by atoms with van der Waals surface area (Å²) in [5.41, 5.74) is 0. The van der Waals surface area contributed by atoms with E-state index in [0.717, 1.165) is 11.0 Å². The molecule has 1 aromatic rings. The highest BCUT2D eigenvalue weighted by Gasteiger charge is 1.91. The third-order valence-electron chi connectivity index (χ3n) is 0.659. The van der Waals surface area contributed by atoms with Crippen LogP contribution in [0.4, 0.5) is 0 Å². The normalized spacial score (nSPS) is 16.9. The van der Waals surface area contributed by atoms with Crippen molar-refractivity contribution in [3.63, 3.8) is 0 Å². The molecule has 0 fully saturated rings. The highest BCUT2D eigenvalue weighted by atomic mass is 35.5. The number of halogens is 1. The van der Waals surface area contributed by atoms with Crippen LogP contribution in [-0.4, -0.2) is 14.8 Å². The molecule has 0 atom stereocenters. The quantitative estimate of drug-likeness (QED) is 0.526. The van der Waals surface area contributed by atoms with Crippen LogP contribution in [0.3, 0.4) is 0 Å². The molecule has 0 aliphatic rings. The molecule has 0 saturated carbocycles. The maximum Gasteiger partial charge on any atom is 0.165 e. The number of hydrogen-bond acceptors (Lipinski definition) is 2. The van der Waals surface area contributed by atoms with Gasteiger partial charge in [0.25, 0.3) is 0 Å². The predicted molar refractivity (Wildman–Crippen MR) is 30.6 cm³/mol. The summed E-state index contributed by atoms with van der Waals surface area (Å²) in [4.78, 5) is 3.66. The third kappa shape index (κ3) is 0.980. The van der Waals surface area contributed by atoms with Crippen LogP contribution in [0, 0.1) is 0 Å². The number of rotatable bonds is 1. The minimum atomic E-state index is -2.25. The Morgan fingerprint density at radius 3 is 3.38 bits per heavy atom. The van der Waals surface area contributed by atoms with Gasteiger partial charge in [0.05, 0.1) is 5.88 Å². The van der Waals surface area contributed by atoms with Crippen molar-refractivity contribution in [2.45, 2.75) is 5.88 Å². The molecular formula is C4H6ClN3. The highest BCUT2D eigenvalue weighted by Crippen LogP contribution is 1.91. The van der Waals surface area contributed by atoms with Crippen molar-refractivity contribution < 1.29 is 4.11 Å². The summed E-state index contributed by atoms with van der Waals surface area (Å²) < 4.78 is 21.5. The molecule has 8 heavy (non-hydrogen) atoms. The number of nitrogens with zero attached hydrogens (tertiary/aromatic N) is 3. The zero-order valence-electron chi connectivity index (χ0n) is 7.00. The predicted octanol–water partition coefficient (Wildman–Crippen LogP) is 0.554. The van der Waals surface area contributed by atoms with E-state index in [1.807, 2.05) is 0 Å². The summed E-state index contributed by atoms with van der Waals surface area (Å²) in [7, 11) is 0. The Bertz CT molecular complexity index is 243. The molecule has 0 aliphatic heterocycles. The maximum absolute atomic E-state index is 6.91. The largest absolute Gasteiger partial charge is 0.256 e. The van der Waals surface area contributed by atoms with Gasteiger partial charge in [0.15, 0.2) is 5.82 Å². The first kappa shape index (κ1) is 2.82. The fourth-order valence-electron chi connectivity index (χ4n) is 0.359. The van der Waals surface area contributed by atoms with Crippen molar-refractivity contribution >= 4 is 11.6 Å². The van der Waals surface area contributed by atoms with E-state index in [4.69, 9.17) is 15.7 Å². The average Bonchev–Trinajstić information content (AvgIpc) is 2.32. The summed E-state index contributed by atoms with van der Waals surface area (Å²) in [6, 6.07) is 0. The first-order valence-corrected chi connectivity index (χ1v) is 2.54. The molecule has 0 unspecified atom stereocenters. The van der Waals surface area contributed by atoms with Crippen molar-refractivity contribution in [3.8, 4) is 0 Å². The minimum Gasteiger partial charge on any atom is -0.256 e. The fourth-order valence-corrected chi connectivity index (χ4v) is 0.481. The molecule has 0 aliphatic carbocycles. The molecule has 1 rings (SSSR count). The lowest BCUT2D eigenvalue weighted by atomic mass is 10.7. The van der Waals surface area contributed by atoms with Crippen molar-refractivity contribution in [2.75, 3.05) is 0 Å². The molecule has 0 bridgehead atoms. The Hall–Kier alpha value is -0.570. The number of aromatic nitrogens is 3. The smallest absolute Gasteiger partial charge is 0.165 e. The van der Waals surface area contributed by atoms with E-state index in [-0.39, 0.29) is 5.88 Å². The van der Waals surface area contributed by atoms with Gasteiger partial charge in [0, 0.05) is 11.1 Å². The Morgan fingerprint density at radius 1 is 2.12 bits per heavy atom. The van der Waals surface area contributed by atoms with Crippen molar-refractivity contribution in [3.05, 3.63) is 12.2 Å². The van der Waals surface area contributed by atoms with Gasteiger partial charge in [-0.1, -0.05) is 0 Å². The molecule has 0 saturated heterocycles. The van der Waals surface area contributed by atoms with E-state index >= 15 is 0 Å². The van der Waals surface area contributed by atoms with Gasteiger partial charge in [-0.05, 0) is 0 Å². The maximum atomic E-state index is 6.91.